The van der Waals surface area contributed by atoms with Crippen molar-refractivity contribution in [3.8, 4) is 0 Å². The number of ether oxygens (including phenoxy) is 1. The Morgan fingerprint density at radius 3 is 3.05 bits per heavy atom. The Labute approximate surface area is 122 Å². The van der Waals surface area contributed by atoms with Crippen LogP contribution in [-0.2, 0) is 11.2 Å². The van der Waals surface area contributed by atoms with Crippen molar-refractivity contribution >= 4 is 17.3 Å². The van der Waals surface area contributed by atoms with Crippen LogP contribution in [0.15, 0.2) is 30.6 Å². The molecule has 2 aromatic rings. The topological polar surface area (TPSA) is 68.2 Å². The van der Waals surface area contributed by atoms with Gasteiger partial charge in [-0.3, -0.25) is 9.48 Å². The van der Waals surface area contributed by atoms with E-state index in [4.69, 9.17) is 4.74 Å². The lowest BCUT2D eigenvalue weighted by Crippen LogP contribution is -2.31. The molecule has 0 spiro atoms. The minimum Gasteiger partial charge on any atom is -0.377 e. The number of anilines is 2. The fourth-order valence-electron chi connectivity index (χ4n) is 2.63. The van der Waals surface area contributed by atoms with Gasteiger partial charge >= 0.3 is 0 Å². The Hall–Kier alpha value is -2.34. The average Bonchev–Trinajstić information content (AvgIpc) is 2.86. The van der Waals surface area contributed by atoms with E-state index >= 15 is 0 Å². The molecule has 0 saturated carbocycles. The third-order valence-electron chi connectivity index (χ3n) is 3.92. The average molecular weight is 284 g/mol. The molecule has 1 aromatic heterocycles. The van der Waals surface area contributed by atoms with Crippen LogP contribution in [0.3, 0.4) is 0 Å². The van der Waals surface area contributed by atoms with Crippen molar-refractivity contribution in [2.24, 2.45) is 0 Å². The number of nitrogens with zero attached hydrogens (tertiary/aromatic N) is 2. The van der Waals surface area contributed by atoms with Crippen molar-refractivity contribution in [1.29, 1.82) is 0 Å². The highest BCUT2D eigenvalue weighted by atomic mass is 16.5. The standard InChI is InChI=1S/C15H16N4O2/c20-15-14-5-11(2-1-10(14)3-4-16-15)18-12-6-17-19(7-12)13-8-21-9-13/h1-2,5-7,13,18H,3-4,8-9H2,(H,16,20). The highest BCUT2D eigenvalue weighted by Gasteiger charge is 2.21. The molecular formula is C15H16N4O2. The first-order valence-corrected chi connectivity index (χ1v) is 7.10. The summed E-state index contributed by atoms with van der Waals surface area (Å²) in [4.78, 5) is 11.9. The van der Waals surface area contributed by atoms with E-state index in [0.717, 1.165) is 48.7 Å². The van der Waals surface area contributed by atoms with Gasteiger partial charge in [0.1, 0.15) is 0 Å². The molecule has 1 amide bonds. The second kappa shape index (κ2) is 4.89. The molecule has 0 unspecified atom stereocenters. The molecule has 2 N–H and O–H groups in total. The summed E-state index contributed by atoms with van der Waals surface area (Å²) in [6, 6.07) is 6.25. The Balaban J connectivity index is 1.55. The maximum atomic E-state index is 11.9. The molecule has 0 radical (unpaired) electrons. The summed E-state index contributed by atoms with van der Waals surface area (Å²) >= 11 is 0. The number of aromatic nitrogens is 2. The predicted octanol–water partition coefficient (Wildman–Crippen LogP) is 1.48. The molecule has 6 heteroatoms. The quantitative estimate of drug-likeness (QED) is 0.896. The first-order valence-electron chi connectivity index (χ1n) is 7.10. The van der Waals surface area contributed by atoms with Crippen molar-refractivity contribution in [3.63, 3.8) is 0 Å². The van der Waals surface area contributed by atoms with Crippen molar-refractivity contribution in [3.05, 3.63) is 41.7 Å². The van der Waals surface area contributed by atoms with Gasteiger partial charge in [0.2, 0.25) is 0 Å². The van der Waals surface area contributed by atoms with E-state index in [-0.39, 0.29) is 5.91 Å². The molecule has 2 aliphatic heterocycles. The molecule has 108 valence electrons. The molecular weight excluding hydrogens is 268 g/mol. The number of nitrogens with one attached hydrogen (secondary N) is 2. The number of rotatable bonds is 3. The fourth-order valence-corrected chi connectivity index (χ4v) is 2.63. The zero-order chi connectivity index (χ0) is 14.2. The second-order valence-corrected chi connectivity index (χ2v) is 5.40. The van der Waals surface area contributed by atoms with Crippen LogP contribution in [0.1, 0.15) is 22.0 Å². The Bertz CT molecular complexity index is 691. The molecule has 4 rings (SSSR count). The minimum atomic E-state index is 0.00205. The third-order valence-corrected chi connectivity index (χ3v) is 3.92. The van der Waals surface area contributed by atoms with Crippen LogP contribution in [0.4, 0.5) is 11.4 Å². The summed E-state index contributed by atoms with van der Waals surface area (Å²) < 4.78 is 7.08. The maximum absolute atomic E-state index is 11.9. The molecule has 0 aliphatic carbocycles. The third kappa shape index (κ3) is 2.27. The van der Waals surface area contributed by atoms with E-state index in [0.29, 0.717) is 6.04 Å². The Kier molecular flexibility index (Phi) is 2.89. The lowest BCUT2D eigenvalue weighted by Gasteiger charge is -2.25. The van der Waals surface area contributed by atoms with Crippen molar-refractivity contribution in [2.75, 3.05) is 25.1 Å². The monoisotopic (exact) mass is 284 g/mol. The largest absolute Gasteiger partial charge is 0.377 e. The van der Waals surface area contributed by atoms with Crippen LogP contribution in [0.2, 0.25) is 0 Å². The van der Waals surface area contributed by atoms with Crippen LogP contribution in [0, 0.1) is 0 Å². The number of amides is 1. The van der Waals surface area contributed by atoms with Crippen LogP contribution in [0.5, 0.6) is 0 Å². The SMILES string of the molecule is O=C1NCCc2ccc(Nc3cnn(C4COC4)c3)cc21. The Morgan fingerprint density at radius 1 is 1.33 bits per heavy atom. The van der Waals surface area contributed by atoms with Gasteiger partial charge < -0.3 is 15.4 Å². The number of benzene rings is 1. The van der Waals surface area contributed by atoms with E-state index in [1.165, 1.54) is 0 Å². The molecule has 3 heterocycles. The van der Waals surface area contributed by atoms with Crippen LogP contribution in [0.25, 0.3) is 0 Å². The van der Waals surface area contributed by atoms with Crippen LogP contribution < -0.4 is 10.6 Å². The zero-order valence-electron chi connectivity index (χ0n) is 11.5. The molecule has 1 fully saturated rings. The van der Waals surface area contributed by atoms with Gasteiger partial charge in [-0.1, -0.05) is 6.07 Å². The molecule has 1 aromatic carbocycles. The van der Waals surface area contributed by atoms with Gasteiger partial charge in [0.05, 0.1) is 31.1 Å². The van der Waals surface area contributed by atoms with Crippen molar-refractivity contribution < 1.29 is 9.53 Å². The zero-order valence-corrected chi connectivity index (χ0v) is 11.5. The normalized spacial score (nSPS) is 17.8. The van der Waals surface area contributed by atoms with Crippen molar-refractivity contribution in [1.82, 2.24) is 15.1 Å². The summed E-state index contributed by atoms with van der Waals surface area (Å²) in [5, 5.41) is 10.5. The lowest BCUT2D eigenvalue weighted by molar-refractivity contribution is -0.0286. The highest BCUT2D eigenvalue weighted by Crippen LogP contribution is 2.24. The van der Waals surface area contributed by atoms with Gasteiger partial charge in [-0.15, -0.1) is 0 Å². The van der Waals surface area contributed by atoms with Gasteiger partial charge in [0.15, 0.2) is 0 Å². The van der Waals surface area contributed by atoms with Gasteiger partial charge in [0.25, 0.3) is 5.91 Å². The van der Waals surface area contributed by atoms with E-state index < -0.39 is 0 Å². The number of carbonyl (C=O) groups is 1. The lowest BCUT2D eigenvalue weighted by atomic mass is 10.00. The van der Waals surface area contributed by atoms with E-state index in [2.05, 4.69) is 15.7 Å². The summed E-state index contributed by atoms with van der Waals surface area (Å²) in [6.45, 7) is 2.16. The predicted molar refractivity (Wildman–Crippen MR) is 77.8 cm³/mol. The van der Waals surface area contributed by atoms with Crippen molar-refractivity contribution in [2.45, 2.75) is 12.5 Å². The van der Waals surface area contributed by atoms with Crippen LogP contribution >= 0.6 is 0 Å². The molecule has 2 aliphatic rings. The summed E-state index contributed by atoms with van der Waals surface area (Å²) in [5.74, 6) is 0.00205. The molecule has 6 nitrogen and oxygen atoms in total. The van der Waals surface area contributed by atoms with Crippen LogP contribution in [-0.4, -0.2) is 35.4 Å². The molecule has 0 bridgehead atoms. The molecule has 21 heavy (non-hydrogen) atoms. The number of hydrogen-bond donors (Lipinski definition) is 2. The smallest absolute Gasteiger partial charge is 0.251 e. The van der Waals surface area contributed by atoms with Gasteiger partial charge in [-0.2, -0.15) is 5.10 Å². The molecule has 0 atom stereocenters. The highest BCUT2D eigenvalue weighted by molar-refractivity contribution is 5.97. The fraction of sp³-hybridized carbons (Fsp3) is 0.333. The van der Waals surface area contributed by atoms with Gasteiger partial charge in [0, 0.05) is 24.0 Å². The second-order valence-electron chi connectivity index (χ2n) is 5.40. The van der Waals surface area contributed by atoms with Gasteiger partial charge in [-0.05, 0) is 24.1 Å². The first-order chi connectivity index (χ1) is 10.3. The van der Waals surface area contributed by atoms with E-state index in [1.54, 1.807) is 6.20 Å². The summed E-state index contributed by atoms with van der Waals surface area (Å²) in [6.07, 6.45) is 4.64. The first kappa shape index (κ1) is 12.4. The number of carbonyl (C=O) groups excluding carboxylic acids is 1. The Morgan fingerprint density at radius 2 is 2.24 bits per heavy atom. The summed E-state index contributed by atoms with van der Waals surface area (Å²) in [5.41, 5.74) is 3.67. The molecule has 1 saturated heterocycles. The van der Waals surface area contributed by atoms with E-state index in [1.807, 2.05) is 29.1 Å². The maximum Gasteiger partial charge on any atom is 0.251 e. The number of hydrogen-bond acceptors (Lipinski definition) is 4. The number of fused-ring (bicyclic) bond motifs is 1. The van der Waals surface area contributed by atoms with Gasteiger partial charge in [-0.25, -0.2) is 0 Å². The minimum absolute atomic E-state index is 0.00205. The summed E-state index contributed by atoms with van der Waals surface area (Å²) in [7, 11) is 0. The van der Waals surface area contributed by atoms with E-state index in [9.17, 15) is 4.79 Å².